The zero-order valence-electron chi connectivity index (χ0n) is 15.8. The lowest BCUT2D eigenvalue weighted by Crippen LogP contribution is -2.18. The number of amides is 1. The van der Waals surface area contributed by atoms with Crippen LogP contribution in [0.15, 0.2) is 77.7 Å². The van der Waals surface area contributed by atoms with Crippen molar-refractivity contribution in [3.8, 4) is 0 Å². The summed E-state index contributed by atoms with van der Waals surface area (Å²) in [6, 6.07) is 14.5. The highest BCUT2D eigenvalue weighted by Crippen LogP contribution is 2.30. The Hall–Kier alpha value is -3.40. The molecular weight excluding hydrogens is 436 g/mol. The first-order valence-corrected chi connectivity index (χ1v) is 10.4. The highest BCUT2D eigenvalue weighted by molar-refractivity contribution is 7.92. The number of anilines is 2. The van der Waals surface area contributed by atoms with Crippen molar-refractivity contribution in [2.45, 2.75) is 17.5 Å². The number of hydrogen-bond donors (Lipinski definition) is 2. The number of hydrogen-bond acceptors (Lipinski definition) is 3. The van der Waals surface area contributed by atoms with E-state index in [0.717, 1.165) is 36.4 Å². The number of sulfonamides is 1. The van der Waals surface area contributed by atoms with Crippen molar-refractivity contribution in [2.24, 2.45) is 0 Å². The van der Waals surface area contributed by atoms with Crippen LogP contribution in [0.1, 0.15) is 11.1 Å². The normalized spacial score (nSPS) is 11.7. The van der Waals surface area contributed by atoms with E-state index in [2.05, 4.69) is 10.0 Å². The van der Waals surface area contributed by atoms with Gasteiger partial charge in [0.2, 0.25) is 5.91 Å². The molecule has 0 atom stereocenters. The molecule has 162 valence electrons. The molecule has 3 rings (SSSR count). The van der Waals surface area contributed by atoms with Gasteiger partial charge in [-0.25, -0.2) is 12.8 Å². The van der Waals surface area contributed by atoms with Gasteiger partial charge < -0.3 is 5.32 Å². The molecule has 10 heteroatoms. The number of carbonyl (C=O) groups excluding carboxylic acids is 1. The summed E-state index contributed by atoms with van der Waals surface area (Å²) in [7, 11) is -4.06. The summed E-state index contributed by atoms with van der Waals surface area (Å²) in [6.07, 6.45) is -4.87. The quantitative estimate of drug-likeness (QED) is 0.527. The zero-order chi connectivity index (χ0) is 22.6. The van der Waals surface area contributed by atoms with Crippen molar-refractivity contribution >= 4 is 27.3 Å². The first kappa shape index (κ1) is 22.3. The van der Waals surface area contributed by atoms with E-state index >= 15 is 0 Å². The van der Waals surface area contributed by atoms with Crippen molar-refractivity contribution in [1.82, 2.24) is 0 Å². The van der Waals surface area contributed by atoms with Crippen LogP contribution in [0, 0.1) is 5.82 Å². The van der Waals surface area contributed by atoms with Gasteiger partial charge in [0.25, 0.3) is 10.0 Å². The molecule has 31 heavy (non-hydrogen) atoms. The standard InChI is InChI=1S/C21H16F4N2O3S/c22-16-8-10-17(11-9-16)31(29,30)27-19-7-2-1-6-18(19)26-20(28)13-14-4-3-5-15(12-14)21(23,24)25/h1-12,27H,13H2,(H,26,28). The van der Waals surface area contributed by atoms with Crippen molar-refractivity contribution in [3.63, 3.8) is 0 Å². The van der Waals surface area contributed by atoms with E-state index in [0.29, 0.717) is 0 Å². The molecule has 0 fully saturated rings. The maximum absolute atomic E-state index is 13.1. The van der Waals surface area contributed by atoms with Crippen LogP contribution >= 0.6 is 0 Å². The second-order valence-corrected chi connectivity index (χ2v) is 8.21. The summed E-state index contributed by atoms with van der Waals surface area (Å²) in [4.78, 5) is 12.2. The Balaban J connectivity index is 1.76. The van der Waals surface area contributed by atoms with Crippen LogP contribution in [0.25, 0.3) is 0 Å². The van der Waals surface area contributed by atoms with Crippen molar-refractivity contribution in [3.05, 3.63) is 89.7 Å². The third-order valence-corrected chi connectivity index (χ3v) is 5.57. The van der Waals surface area contributed by atoms with E-state index in [-0.39, 0.29) is 28.3 Å². The first-order valence-electron chi connectivity index (χ1n) is 8.88. The van der Waals surface area contributed by atoms with Crippen molar-refractivity contribution in [1.29, 1.82) is 0 Å². The number of carbonyl (C=O) groups is 1. The second kappa shape index (κ2) is 8.76. The van der Waals surface area contributed by atoms with Gasteiger partial charge in [0, 0.05) is 0 Å². The van der Waals surface area contributed by atoms with Crippen molar-refractivity contribution < 1.29 is 30.8 Å². The van der Waals surface area contributed by atoms with Gasteiger partial charge in [-0.3, -0.25) is 9.52 Å². The van der Waals surface area contributed by atoms with Gasteiger partial charge in [-0.15, -0.1) is 0 Å². The molecule has 0 heterocycles. The topological polar surface area (TPSA) is 75.3 Å². The summed E-state index contributed by atoms with van der Waals surface area (Å²) < 4.78 is 78.9. The van der Waals surface area contributed by atoms with Crippen LogP contribution in [-0.2, 0) is 27.4 Å². The van der Waals surface area contributed by atoms with E-state index in [4.69, 9.17) is 0 Å². The summed E-state index contributed by atoms with van der Waals surface area (Å²) in [5.41, 5.74) is -0.559. The molecule has 0 radical (unpaired) electrons. The molecule has 0 aromatic heterocycles. The minimum Gasteiger partial charge on any atom is -0.324 e. The Bertz CT molecular complexity index is 1190. The minimum absolute atomic E-state index is 0.0456. The predicted octanol–water partition coefficient (Wildman–Crippen LogP) is 4.83. The molecule has 0 spiro atoms. The van der Waals surface area contributed by atoms with E-state index in [1.54, 1.807) is 6.07 Å². The molecule has 3 aromatic rings. The third kappa shape index (κ3) is 5.82. The molecule has 0 saturated carbocycles. The highest BCUT2D eigenvalue weighted by Gasteiger charge is 2.30. The zero-order valence-corrected chi connectivity index (χ0v) is 16.6. The Kier molecular flexibility index (Phi) is 6.30. The SMILES string of the molecule is O=C(Cc1cccc(C(F)(F)F)c1)Nc1ccccc1NS(=O)(=O)c1ccc(F)cc1. The fourth-order valence-electron chi connectivity index (χ4n) is 2.74. The average Bonchev–Trinajstić information content (AvgIpc) is 2.69. The Labute approximate surface area is 175 Å². The molecule has 2 N–H and O–H groups in total. The fraction of sp³-hybridized carbons (Fsp3) is 0.0952. The molecule has 3 aromatic carbocycles. The number of rotatable bonds is 6. The summed E-state index contributed by atoms with van der Waals surface area (Å²) >= 11 is 0. The molecule has 0 aliphatic rings. The predicted molar refractivity (Wildman–Crippen MR) is 107 cm³/mol. The smallest absolute Gasteiger partial charge is 0.324 e. The van der Waals surface area contributed by atoms with Crippen LogP contribution < -0.4 is 10.0 Å². The van der Waals surface area contributed by atoms with Gasteiger partial charge in [0.1, 0.15) is 5.82 Å². The van der Waals surface area contributed by atoms with Gasteiger partial charge in [-0.2, -0.15) is 13.2 Å². The largest absolute Gasteiger partial charge is 0.416 e. The number of halogens is 4. The van der Waals surface area contributed by atoms with Gasteiger partial charge in [-0.1, -0.05) is 30.3 Å². The fourth-order valence-corrected chi connectivity index (χ4v) is 3.82. The van der Waals surface area contributed by atoms with Gasteiger partial charge in [-0.05, 0) is 48.0 Å². The number of nitrogens with one attached hydrogen (secondary N) is 2. The second-order valence-electron chi connectivity index (χ2n) is 6.53. The maximum Gasteiger partial charge on any atom is 0.416 e. The van der Waals surface area contributed by atoms with E-state index in [9.17, 15) is 30.8 Å². The van der Waals surface area contributed by atoms with Crippen molar-refractivity contribution in [2.75, 3.05) is 10.0 Å². The molecule has 0 unspecified atom stereocenters. The van der Waals surface area contributed by atoms with Gasteiger partial charge in [0.15, 0.2) is 0 Å². The van der Waals surface area contributed by atoms with Gasteiger partial charge >= 0.3 is 6.18 Å². The molecule has 0 bridgehead atoms. The molecule has 5 nitrogen and oxygen atoms in total. The Morgan fingerprint density at radius 2 is 1.52 bits per heavy atom. The maximum atomic E-state index is 13.1. The lowest BCUT2D eigenvalue weighted by atomic mass is 10.1. The third-order valence-electron chi connectivity index (χ3n) is 4.19. The van der Waals surface area contributed by atoms with Gasteiger partial charge in [0.05, 0.1) is 28.3 Å². The Morgan fingerprint density at radius 1 is 0.871 bits per heavy atom. The summed E-state index contributed by atoms with van der Waals surface area (Å²) in [5.74, 6) is -1.23. The lowest BCUT2D eigenvalue weighted by molar-refractivity contribution is -0.137. The number of alkyl halides is 3. The lowest BCUT2D eigenvalue weighted by Gasteiger charge is -2.14. The minimum atomic E-state index is -4.53. The molecular formula is C21H16F4N2O3S. The van der Waals surface area contributed by atoms with Crippen LogP contribution in [0.3, 0.4) is 0 Å². The number of para-hydroxylation sites is 2. The van der Waals surface area contributed by atoms with Crippen LogP contribution in [-0.4, -0.2) is 14.3 Å². The highest BCUT2D eigenvalue weighted by atomic mass is 32.2. The summed E-state index contributed by atoms with van der Waals surface area (Å²) in [5, 5.41) is 2.49. The van der Waals surface area contributed by atoms with E-state index < -0.39 is 33.5 Å². The average molecular weight is 452 g/mol. The van der Waals surface area contributed by atoms with Crippen LogP contribution in [0.5, 0.6) is 0 Å². The van der Waals surface area contributed by atoms with E-state index in [1.807, 2.05) is 0 Å². The van der Waals surface area contributed by atoms with E-state index in [1.165, 1.54) is 30.3 Å². The first-order chi connectivity index (χ1) is 14.5. The molecule has 0 aliphatic carbocycles. The van der Waals surface area contributed by atoms with Crippen LogP contribution in [0.2, 0.25) is 0 Å². The number of benzene rings is 3. The molecule has 1 amide bonds. The summed E-state index contributed by atoms with van der Waals surface area (Å²) in [6.45, 7) is 0. The monoisotopic (exact) mass is 452 g/mol. The Morgan fingerprint density at radius 3 is 2.16 bits per heavy atom. The molecule has 0 saturated heterocycles. The molecule has 0 aliphatic heterocycles. The van der Waals surface area contributed by atoms with Crippen LogP contribution in [0.4, 0.5) is 28.9 Å².